The van der Waals surface area contributed by atoms with Crippen molar-refractivity contribution in [2.45, 2.75) is 20.0 Å². The first kappa shape index (κ1) is 17.6. The van der Waals surface area contributed by atoms with E-state index in [2.05, 4.69) is 15.6 Å². The van der Waals surface area contributed by atoms with Gasteiger partial charge in [-0.1, -0.05) is 42.5 Å². The van der Waals surface area contributed by atoms with Gasteiger partial charge >= 0.3 is 0 Å². The summed E-state index contributed by atoms with van der Waals surface area (Å²) in [6, 6.07) is 17.9. The van der Waals surface area contributed by atoms with Crippen molar-refractivity contribution >= 4 is 11.6 Å². The largest absolute Gasteiger partial charge is 0.380 e. The molecule has 1 heterocycles. The predicted octanol–water partition coefficient (Wildman–Crippen LogP) is 4.07. The second kappa shape index (κ2) is 8.25. The van der Waals surface area contributed by atoms with Gasteiger partial charge in [0.25, 0.3) is 5.91 Å². The number of hydrogen-bond donors (Lipinski definition) is 2. The molecule has 0 saturated heterocycles. The third-order valence-electron chi connectivity index (χ3n) is 4.14. The van der Waals surface area contributed by atoms with Gasteiger partial charge < -0.3 is 10.6 Å². The molecule has 1 amide bonds. The lowest BCUT2D eigenvalue weighted by Gasteiger charge is -2.09. The van der Waals surface area contributed by atoms with Crippen LogP contribution in [0.4, 0.5) is 10.1 Å². The molecule has 0 fully saturated rings. The van der Waals surface area contributed by atoms with Gasteiger partial charge in [-0.05, 0) is 36.2 Å². The summed E-state index contributed by atoms with van der Waals surface area (Å²) in [7, 11) is 0. The van der Waals surface area contributed by atoms with Crippen LogP contribution in [-0.2, 0) is 13.1 Å². The molecule has 0 aliphatic rings. The minimum absolute atomic E-state index is 0.228. The van der Waals surface area contributed by atoms with Gasteiger partial charge in [0.15, 0.2) is 0 Å². The molecule has 0 saturated carbocycles. The van der Waals surface area contributed by atoms with Gasteiger partial charge in [0.1, 0.15) is 11.5 Å². The highest BCUT2D eigenvalue weighted by Crippen LogP contribution is 2.12. The SMILES string of the molecule is Cc1ccccc1CNC(=O)c1ccc(NCc2ccccc2F)cn1. The zero-order chi connectivity index (χ0) is 18.4. The molecule has 0 bridgehead atoms. The molecule has 0 radical (unpaired) electrons. The van der Waals surface area contributed by atoms with Crippen LogP contribution in [-0.4, -0.2) is 10.9 Å². The van der Waals surface area contributed by atoms with E-state index in [-0.39, 0.29) is 11.7 Å². The van der Waals surface area contributed by atoms with E-state index in [9.17, 15) is 9.18 Å². The Morgan fingerprint density at radius 2 is 1.69 bits per heavy atom. The molecule has 0 aliphatic carbocycles. The monoisotopic (exact) mass is 349 g/mol. The highest BCUT2D eigenvalue weighted by molar-refractivity contribution is 5.92. The fourth-order valence-electron chi connectivity index (χ4n) is 2.55. The summed E-state index contributed by atoms with van der Waals surface area (Å²) < 4.78 is 13.6. The topological polar surface area (TPSA) is 54.0 Å². The maximum absolute atomic E-state index is 13.6. The summed E-state index contributed by atoms with van der Waals surface area (Å²) in [5, 5.41) is 5.97. The quantitative estimate of drug-likeness (QED) is 0.705. The van der Waals surface area contributed by atoms with E-state index in [0.717, 1.165) is 16.8 Å². The van der Waals surface area contributed by atoms with Crippen molar-refractivity contribution in [1.29, 1.82) is 0 Å². The highest BCUT2D eigenvalue weighted by Gasteiger charge is 2.08. The van der Waals surface area contributed by atoms with Gasteiger partial charge in [-0.3, -0.25) is 4.79 Å². The van der Waals surface area contributed by atoms with Crippen LogP contribution in [0.25, 0.3) is 0 Å². The van der Waals surface area contributed by atoms with E-state index < -0.39 is 0 Å². The van der Waals surface area contributed by atoms with Crippen molar-refractivity contribution in [3.63, 3.8) is 0 Å². The maximum atomic E-state index is 13.6. The van der Waals surface area contributed by atoms with Crippen molar-refractivity contribution < 1.29 is 9.18 Å². The van der Waals surface area contributed by atoms with Gasteiger partial charge in [0.05, 0.1) is 11.9 Å². The van der Waals surface area contributed by atoms with Crippen molar-refractivity contribution in [3.05, 3.63) is 95.1 Å². The molecule has 3 rings (SSSR count). The zero-order valence-corrected chi connectivity index (χ0v) is 14.5. The first-order chi connectivity index (χ1) is 12.6. The number of halogens is 1. The number of nitrogens with one attached hydrogen (secondary N) is 2. The second-order valence-electron chi connectivity index (χ2n) is 5.99. The third kappa shape index (κ3) is 4.45. The number of hydrogen-bond acceptors (Lipinski definition) is 3. The summed E-state index contributed by atoms with van der Waals surface area (Å²) in [4.78, 5) is 16.4. The molecular formula is C21H20FN3O. The van der Waals surface area contributed by atoms with Gasteiger partial charge in [-0.15, -0.1) is 0 Å². The molecule has 2 N–H and O–H groups in total. The fraction of sp³-hybridized carbons (Fsp3) is 0.143. The number of carbonyl (C=O) groups excluding carboxylic acids is 1. The number of anilines is 1. The molecule has 5 heteroatoms. The highest BCUT2D eigenvalue weighted by atomic mass is 19.1. The Kier molecular flexibility index (Phi) is 5.59. The van der Waals surface area contributed by atoms with Crippen molar-refractivity contribution in [1.82, 2.24) is 10.3 Å². The molecule has 0 unspecified atom stereocenters. The van der Waals surface area contributed by atoms with Gasteiger partial charge in [0, 0.05) is 18.7 Å². The van der Waals surface area contributed by atoms with Crippen LogP contribution in [0.3, 0.4) is 0 Å². The molecule has 26 heavy (non-hydrogen) atoms. The Labute approximate surface area is 152 Å². The van der Waals surface area contributed by atoms with Crippen molar-refractivity contribution in [2.75, 3.05) is 5.32 Å². The number of aryl methyl sites for hydroxylation is 1. The lowest BCUT2D eigenvalue weighted by molar-refractivity contribution is 0.0946. The van der Waals surface area contributed by atoms with E-state index >= 15 is 0 Å². The predicted molar refractivity (Wildman–Crippen MR) is 100 cm³/mol. The van der Waals surface area contributed by atoms with E-state index in [0.29, 0.717) is 24.3 Å². The number of rotatable bonds is 6. The number of aromatic nitrogens is 1. The Balaban J connectivity index is 1.56. The zero-order valence-electron chi connectivity index (χ0n) is 14.5. The van der Waals surface area contributed by atoms with Gasteiger partial charge in [0.2, 0.25) is 0 Å². The smallest absolute Gasteiger partial charge is 0.270 e. The minimum atomic E-state index is -0.250. The molecule has 0 spiro atoms. The van der Waals surface area contributed by atoms with E-state index in [4.69, 9.17) is 0 Å². The first-order valence-corrected chi connectivity index (χ1v) is 8.39. The summed E-state index contributed by atoms with van der Waals surface area (Å²) in [6.45, 7) is 2.82. The van der Waals surface area contributed by atoms with Crippen LogP contribution in [0, 0.1) is 12.7 Å². The van der Waals surface area contributed by atoms with Crippen LogP contribution >= 0.6 is 0 Å². The summed E-state index contributed by atoms with van der Waals surface area (Å²) in [6.07, 6.45) is 1.57. The van der Waals surface area contributed by atoms with Crippen LogP contribution in [0.2, 0.25) is 0 Å². The fourth-order valence-corrected chi connectivity index (χ4v) is 2.55. The maximum Gasteiger partial charge on any atom is 0.270 e. The second-order valence-corrected chi connectivity index (χ2v) is 5.99. The van der Waals surface area contributed by atoms with Gasteiger partial charge in [-0.25, -0.2) is 9.37 Å². The van der Waals surface area contributed by atoms with Crippen LogP contribution < -0.4 is 10.6 Å². The number of pyridine rings is 1. The minimum Gasteiger partial charge on any atom is -0.380 e. The summed E-state index contributed by atoms with van der Waals surface area (Å²) in [5.41, 5.74) is 3.85. The average Bonchev–Trinajstić information content (AvgIpc) is 2.67. The Hall–Kier alpha value is -3.21. The van der Waals surface area contributed by atoms with E-state index in [1.165, 1.54) is 6.07 Å². The molecule has 0 atom stereocenters. The first-order valence-electron chi connectivity index (χ1n) is 8.39. The number of amides is 1. The number of nitrogens with zero attached hydrogens (tertiary/aromatic N) is 1. The molecule has 1 aromatic heterocycles. The average molecular weight is 349 g/mol. The van der Waals surface area contributed by atoms with Crippen LogP contribution in [0.15, 0.2) is 66.9 Å². The van der Waals surface area contributed by atoms with Crippen LogP contribution in [0.5, 0.6) is 0 Å². The molecule has 0 aliphatic heterocycles. The molecular weight excluding hydrogens is 329 g/mol. The molecule has 2 aromatic carbocycles. The lowest BCUT2D eigenvalue weighted by atomic mass is 10.1. The summed E-state index contributed by atoms with van der Waals surface area (Å²) >= 11 is 0. The van der Waals surface area contributed by atoms with E-state index in [1.54, 1.807) is 36.5 Å². The lowest BCUT2D eigenvalue weighted by Crippen LogP contribution is -2.24. The van der Waals surface area contributed by atoms with E-state index in [1.807, 2.05) is 31.2 Å². The third-order valence-corrected chi connectivity index (χ3v) is 4.14. The Morgan fingerprint density at radius 3 is 2.38 bits per heavy atom. The van der Waals surface area contributed by atoms with Crippen LogP contribution in [0.1, 0.15) is 27.2 Å². The standard InChI is InChI=1S/C21H20FN3O/c1-15-6-2-3-7-16(15)12-25-21(26)20-11-10-18(14-24-20)23-13-17-8-4-5-9-19(17)22/h2-11,14,23H,12-13H2,1H3,(H,25,26). The number of benzene rings is 2. The summed E-state index contributed by atoms with van der Waals surface area (Å²) in [5.74, 6) is -0.478. The Bertz CT molecular complexity index is 894. The molecule has 3 aromatic rings. The van der Waals surface area contributed by atoms with Gasteiger partial charge in [-0.2, -0.15) is 0 Å². The van der Waals surface area contributed by atoms with Crippen molar-refractivity contribution in [3.8, 4) is 0 Å². The molecule has 132 valence electrons. The molecule has 4 nitrogen and oxygen atoms in total. The van der Waals surface area contributed by atoms with Crippen molar-refractivity contribution in [2.24, 2.45) is 0 Å². The Morgan fingerprint density at radius 1 is 0.962 bits per heavy atom. The normalized spacial score (nSPS) is 10.4. The number of carbonyl (C=O) groups is 1.